The summed E-state index contributed by atoms with van der Waals surface area (Å²) in [7, 11) is 0. The SMILES string of the molecule is CCOC(=O)C1=CCC(c2ccc(CC3SC(=O)N(CC(=O)Nc4ccc(C)cc4)C3=O)o2)C(C)=C1. The molecule has 2 heterocycles. The topological polar surface area (TPSA) is 106 Å². The number of anilines is 1. The van der Waals surface area contributed by atoms with E-state index in [1.807, 2.05) is 44.2 Å². The average molecular weight is 509 g/mol. The zero-order valence-corrected chi connectivity index (χ0v) is 21.2. The number of carbonyl (C=O) groups is 4. The molecule has 2 aromatic rings. The van der Waals surface area contributed by atoms with Gasteiger partial charge in [0.15, 0.2) is 0 Å². The Bertz CT molecular complexity index is 1240. The number of esters is 1. The van der Waals surface area contributed by atoms with Crippen molar-refractivity contribution in [3.05, 3.63) is 76.8 Å². The molecule has 36 heavy (non-hydrogen) atoms. The van der Waals surface area contributed by atoms with E-state index < -0.39 is 22.3 Å². The summed E-state index contributed by atoms with van der Waals surface area (Å²) in [5.74, 6) is 0.118. The zero-order valence-electron chi connectivity index (χ0n) is 20.4. The lowest BCUT2D eigenvalue weighted by molar-refractivity contribution is -0.138. The maximum absolute atomic E-state index is 12.9. The summed E-state index contributed by atoms with van der Waals surface area (Å²) in [5, 5.41) is 1.61. The van der Waals surface area contributed by atoms with Gasteiger partial charge in [0, 0.05) is 18.0 Å². The summed E-state index contributed by atoms with van der Waals surface area (Å²) >= 11 is 0.906. The Hall–Kier alpha value is -3.59. The maximum atomic E-state index is 12.9. The number of imide groups is 1. The molecule has 9 heteroatoms. The number of nitrogens with one attached hydrogen (secondary N) is 1. The minimum atomic E-state index is -0.651. The fourth-order valence-corrected chi connectivity index (χ4v) is 5.16. The second-order valence-corrected chi connectivity index (χ2v) is 9.93. The van der Waals surface area contributed by atoms with Crippen LogP contribution in [0.25, 0.3) is 0 Å². The minimum Gasteiger partial charge on any atom is -0.465 e. The fourth-order valence-electron chi connectivity index (χ4n) is 4.16. The van der Waals surface area contributed by atoms with E-state index in [0.29, 0.717) is 30.0 Å². The number of hydrogen-bond acceptors (Lipinski definition) is 7. The Balaban J connectivity index is 1.35. The molecule has 1 aromatic carbocycles. The van der Waals surface area contributed by atoms with E-state index in [1.165, 1.54) is 0 Å². The van der Waals surface area contributed by atoms with Gasteiger partial charge >= 0.3 is 5.97 Å². The van der Waals surface area contributed by atoms with E-state index in [4.69, 9.17) is 9.15 Å². The van der Waals surface area contributed by atoms with Gasteiger partial charge in [0.1, 0.15) is 23.3 Å². The molecule has 8 nitrogen and oxygen atoms in total. The summed E-state index contributed by atoms with van der Waals surface area (Å²) in [4.78, 5) is 50.7. The number of furan rings is 1. The van der Waals surface area contributed by atoms with Crippen molar-refractivity contribution in [2.75, 3.05) is 18.5 Å². The molecule has 1 aliphatic heterocycles. The summed E-state index contributed by atoms with van der Waals surface area (Å²) in [6, 6.07) is 10.9. The van der Waals surface area contributed by atoms with Gasteiger partial charge in [0.2, 0.25) is 11.8 Å². The summed E-state index contributed by atoms with van der Waals surface area (Å²) < 4.78 is 11.1. The van der Waals surface area contributed by atoms with Crippen LogP contribution in [0.2, 0.25) is 0 Å². The van der Waals surface area contributed by atoms with Crippen LogP contribution in [0.5, 0.6) is 0 Å². The molecular formula is C27H28N2O6S. The Labute approximate surface area is 213 Å². The molecule has 3 amide bonds. The predicted octanol–water partition coefficient (Wildman–Crippen LogP) is 4.76. The first-order chi connectivity index (χ1) is 17.2. The molecule has 1 aliphatic carbocycles. The molecule has 4 rings (SSSR count). The van der Waals surface area contributed by atoms with Crippen LogP contribution >= 0.6 is 11.8 Å². The summed E-state index contributed by atoms with van der Waals surface area (Å²) in [6.45, 7) is 5.64. The van der Waals surface area contributed by atoms with Crippen LogP contribution in [0, 0.1) is 6.92 Å². The van der Waals surface area contributed by atoms with Gasteiger partial charge in [-0.25, -0.2) is 4.79 Å². The maximum Gasteiger partial charge on any atom is 0.337 e. The number of thioether (sulfide) groups is 1. The monoisotopic (exact) mass is 508 g/mol. The molecule has 2 unspecified atom stereocenters. The van der Waals surface area contributed by atoms with Gasteiger partial charge in [0.05, 0.1) is 12.2 Å². The fraction of sp³-hybridized carbons (Fsp3) is 0.333. The molecule has 1 aromatic heterocycles. The molecule has 0 bridgehead atoms. The Morgan fingerprint density at radius 2 is 1.89 bits per heavy atom. The number of amides is 3. The number of carbonyl (C=O) groups excluding carboxylic acids is 4. The van der Waals surface area contributed by atoms with Gasteiger partial charge in [-0.3, -0.25) is 19.3 Å². The largest absolute Gasteiger partial charge is 0.465 e. The van der Waals surface area contributed by atoms with E-state index in [2.05, 4.69) is 5.32 Å². The highest BCUT2D eigenvalue weighted by molar-refractivity contribution is 8.15. The molecule has 0 spiro atoms. The number of hydrogen-bond donors (Lipinski definition) is 1. The first kappa shape index (κ1) is 25.5. The van der Waals surface area contributed by atoms with Gasteiger partial charge in [-0.05, 0) is 57.5 Å². The van der Waals surface area contributed by atoms with Gasteiger partial charge in [0.25, 0.3) is 5.24 Å². The van der Waals surface area contributed by atoms with Crippen LogP contribution in [0.3, 0.4) is 0 Å². The van der Waals surface area contributed by atoms with E-state index in [-0.39, 0.29) is 24.9 Å². The van der Waals surface area contributed by atoms with Crippen LogP contribution in [0.4, 0.5) is 10.5 Å². The molecule has 188 valence electrons. The highest BCUT2D eigenvalue weighted by atomic mass is 32.2. The third-order valence-corrected chi connectivity index (χ3v) is 7.15. The van der Waals surface area contributed by atoms with Gasteiger partial charge < -0.3 is 14.5 Å². The van der Waals surface area contributed by atoms with Crippen LogP contribution in [0.15, 0.2) is 64.1 Å². The number of rotatable bonds is 8. The lowest BCUT2D eigenvalue weighted by Gasteiger charge is -2.19. The lowest BCUT2D eigenvalue weighted by atomic mass is 9.87. The molecule has 0 radical (unpaired) electrons. The first-order valence-corrected chi connectivity index (χ1v) is 12.7. The van der Waals surface area contributed by atoms with E-state index in [0.717, 1.165) is 33.6 Å². The normalized spacial score (nSPS) is 19.7. The second-order valence-electron chi connectivity index (χ2n) is 8.78. The van der Waals surface area contributed by atoms with Crippen LogP contribution in [-0.2, 0) is 25.5 Å². The minimum absolute atomic E-state index is 0.0209. The van der Waals surface area contributed by atoms with Crippen molar-refractivity contribution in [2.24, 2.45) is 0 Å². The Morgan fingerprint density at radius 3 is 2.58 bits per heavy atom. The first-order valence-electron chi connectivity index (χ1n) is 11.8. The third kappa shape index (κ3) is 5.79. The van der Waals surface area contributed by atoms with Crippen molar-refractivity contribution in [3.8, 4) is 0 Å². The van der Waals surface area contributed by atoms with Gasteiger partial charge in [-0.2, -0.15) is 0 Å². The number of aryl methyl sites for hydroxylation is 1. The molecule has 0 saturated carbocycles. The highest BCUT2D eigenvalue weighted by Crippen LogP contribution is 2.36. The zero-order chi connectivity index (χ0) is 25.8. The summed E-state index contributed by atoms with van der Waals surface area (Å²) in [6.07, 6.45) is 4.49. The van der Waals surface area contributed by atoms with Crippen molar-refractivity contribution in [3.63, 3.8) is 0 Å². The number of benzene rings is 1. The highest BCUT2D eigenvalue weighted by Gasteiger charge is 2.41. The standard InChI is InChI=1S/C27H28N2O6S/c1-4-34-26(32)18-7-11-21(17(3)13-18)22-12-10-20(35-22)14-23-25(31)29(27(33)36-23)15-24(30)28-19-8-5-16(2)6-9-19/h5-10,12-13,21,23H,4,11,14-15H2,1-3H3,(H,28,30). The third-order valence-electron chi connectivity index (χ3n) is 6.07. The van der Waals surface area contributed by atoms with E-state index in [1.54, 1.807) is 25.1 Å². The van der Waals surface area contributed by atoms with E-state index in [9.17, 15) is 19.2 Å². The quantitative estimate of drug-likeness (QED) is 0.513. The number of allylic oxidation sites excluding steroid dienone is 2. The molecule has 2 aliphatic rings. The van der Waals surface area contributed by atoms with Crippen molar-refractivity contribution in [2.45, 2.75) is 44.8 Å². The van der Waals surface area contributed by atoms with Crippen molar-refractivity contribution in [1.29, 1.82) is 0 Å². The van der Waals surface area contributed by atoms with Crippen molar-refractivity contribution in [1.82, 2.24) is 4.90 Å². The van der Waals surface area contributed by atoms with Gasteiger partial charge in [-0.15, -0.1) is 0 Å². The number of ether oxygens (including phenoxy) is 1. The van der Waals surface area contributed by atoms with Crippen LogP contribution in [0.1, 0.15) is 43.3 Å². The van der Waals surface area contributed by atoms with Crippen LogP contribution in [-0.4, -0.2) is 46.3 Å². The summed E-state index contributed by atoms with van der Waals surface area (Å²) in [5.41, 5.74) is 3.18. The predicted molar refractivity (Wildman–Crippen MR) is 137 cm³/mol. The Morgan fingerprint density at radius 1 is 1.14 bits per heavy atom. The molecular weight excluding hydrogens is 480 g/mol. The van der Waals surface area contributed by atoms with Crippen LogP contribution < -0.4 is 5.32 Å². The molecule has 1 saturated heterocycles. The van der Waals surface area contributed by atoms with Gasteiger partial charge in [-0.1, -0.05) is 41.1 Å². The molecule has 1 fully saturated rings. The average Bonchev–Trinajstić information content (AvgIpc) is 3.40. The number of nitrogens with zero attached hydrogens (tertiary/aromatic N) is 1. The van der Waals surface area contributed by atoms with E-state index >= 15 is 0 Å². The lowest BCUT2D eigenvalue weighted by Crippen LogP contribution is -2.38. The molecule has 1 N–H and O–H groups in total. The van der Waals surface area contributed by atoms with Crippen molar-refractivity contribution >= 4 is 40.5 Å². The second kappa shape index (κ2) is 11.0. The van der Waals surface area contributed by atoms with Crippen molar-refractivity contribution < 1.29 is 28.3 Å². The molecule has 2 atom stereocenters. The Kier molecular flexibility index (Phi) is 7.79. The smallest absolute Gasteiger partial charge is 0.337 e.